The lowest BCUT2D eigenvalue weighted by molar-refractivity contribution is 1.24. The maximum Gasteiger partial charge on any atom is 0.0546 e. The fourth-order valence-corrected chi connectivity index (χ4v) is 7.92. The zero-order valence-corrected chi connectivity index (χ0v) is 33.4. The van der Waals surface area contributed by atoms with Crippen molar-refractivity contribution < 1.29 is 0 Å². The van der Waals surface area contributed by atoms with Gasteiger partial charge in [0.2, 0.25) is 0 Å². The van der Waals surface area contributed by atoms with Crippen molar-refractivity contribution in [3.63, 3.8) is 0 Å². The van der Waals surface area contributed by atoms with Crippen molar-refractivity contribution >= 4 is 66.4 Å². The van der Waals surface area contributed by atoms with Gasteiger partial charge in [-0.05, 0) is 196 Å². The molecule has 0 saturated heterocycles. The molecule has 0 amide bonds. The maximum absolute atomic E-state index is 2.47. The van der Waals surface area contributed by atoms with Crippen molar-refractivity contribution in [2.45, 2.75) is 69.2 Å². The number of nitrogens with zero attached hydrogens (tertiary/aromatic N) is 2. The van der Waals surface area contributed by atoms with Crippen LogP contribution in [0.3, 0.4) is 0 Å². The number of hydrogen-bond donors (Lipinski definition) is 0. The minimum absolute atomic E-state index is 1.16. The molecule has 0 aliphatic heterocycles. The molecule has 0 spiro atoms. The molecule has 0 unspecified atom stereocenters. The molecule has 0 atom stereocenters. The van der Waals surface area contributed by atoms with Crippen LogP contribution in [-0.2, 0) is 0 Å². The summed E-state index contributed by atoms with van der Waals surface area (Å²) in [4.78, 5) is 4.95. The minimum atomic E-state index is 1.16. The molecule has 0 aromatic heterocycles. The van der Waals surface area contributed by atoms with Gasteiger partial charge in [0, 0.05) is 33.5 Å². The molecule has 54 heavy (non-hydrogen) atoms. The Balaban J connectivity index is 1.51. The molecule has 0 bridgehead atoms. The summed E-state index contributed by atoms with van der Waals surface area (Å²) in [5.74, 6) is 0. The van der Waals surface area contributed by atoms with E-state index in [-0.39, 0.29) is 0 Å². The Bertz CT molecular complexity index is 2490. The average molecular weight is 703 g/mol. The number of hydrogen-bond acceptors (Lipinski definition) is 2. The highest BCUT2D eigenvalue weighted by atomic mass is 15.2. The normalized spacial score (nSPS) is 11.5. The predicted octanol–water partition coefficient (Wildman–Crippen LogP) is 15.2. The van der Waals surface area contributed by atoms with Gasteiger partial charge in [0.05, 0.1) is 11.4 Å². The van der Waals surface area contributed by atoms with Crippen LogP contribution in [0.1, 0.15) is 55.6 Å². The van der Waals surface area contributed by atoms with Crippen molar-refractivity contribution in [3.8, 4) is 0 Å². The van der Waals surface area contributed by atoms with Gasteiger partial charge < -0.3 is 9.80 Å². The fourth-order valence-electron chi connectivity index (χ4n) is 7.92. The van der Waals surface area contributed by atoms with Gasteiger partial charge in [-0.15, -0.1) is 0 Å². The smallest absolute Gasteiger partial charge is 0.0546 e. The lowest BCUT2D eigenvalue weighted by Gasteiger charge is -2.31. The standard InChI is InChI=1S/C52H50N2/c1-31-11-21-45-47(23-31)49-29-52(54(43-19-15-35(5)39(9)27-43)44-20-16-36(6)40(10)28-44)46-22-12-32(2)24-48(46)50(49)30-51(45)53(41-17-13-33(3)37(7)25-41)42-18-14-34(4)38(8)26-42/h11-30H,1-10H3. The van der Waals surface area contributed by atoms with E-state index < -0.39 is 0 Å². The van der Waals surface area contributed by atoms with Gasteiger partial charge in [-0.2, -0.15) is 0 Å². The van der Waals surface area contributed by atoms with Crippen LogP contribution < -0.4 is 9.80 Å². The summed E-state index contributed by atoms with van der Waals surface area (Å²) in [6, 6.07) is 46.4. The summed E-state index contributed by atoms with van der Waals surface area (Å²) >= 11 is 0. The van der Waals surface area contributed by atoms with E-state index in [2.05, 4.69) is 200 Å². The van der Waals surface area contributed by atoms with Crippen LogP contribution in [-0.4, -0.2) is 0 Å². The number of anilines is 6. The van der Waals surface area contributed by atoms with E-state index in [0.29, 0.717) is 0 Å². The predicted molar refractivity (Wildman–Crippen MR) is 236 cm³/mol. The van der Waals surface area contributed by atoms with E-state index in [9.17, 15) is 0 Å². The maximum atomic E-state index is 2.47. The zero-order valence-electron chi connectivity index (χ0n) is 33.4. The molecular weight excluding hydrogens is 653 g/mol. The first-order valence-electron chi connectivity index (χ1n) is 19.2. The highest BCUT2D eigenvalue weighted by molar-refractivity contribution is 6.24. The van der Waals surface area contributed by atoms with Crippen LogP contribution in [0.15, 0.2) is 121 Å². The monoisotopic (exact) mass is 702 g/mol. The van der Waals surface area contributed by atoms with E-state index >= 15 is 0 Å². The van der Waals surface area contributed by atoms with E-state index in [4.69, 9.17) is 0 Å². The number of aryl methyl sites for hydroxylation is 10. The molecule has 8 aromatic carbocycles. The van der Waals surface area contributed by atoms with Crippen LogP contribution in [0.4, 0.5) is 34.1 Å². The molecule has 0 fully saturated rings. The van der Waals surface area contributed by atoms with Gasteiger partial charge in [0.1, 0.15) is 0 Å². The lowest BCUT2D eigenvalue weighted by Crippen LogP contribution is -2.13. The Hall–Kier alpha value is -5.86. The van der Waals surface area contributed by atoms with Crippen LogP contribution in [0, 0.1) is 69.2 Å². The molecule has 2 heteroatoms. The molecule has 0 saturated carbocycles. The van der Waals surface area contributed by atoms with Gasteiger partial charge in [-0.3, -0.25) is 0 Å². The summed E-state index contributed by atoms with van der Waals surface area (Å²) in [5, 5.41) is 7.47. The number of rotatable bonds is 6. The van der Waals surface area contributed by atoms with Gasteiger partial charge >= 0.3 is 0 Å². The first-order chi connectivity index (χ1) is 25.9. The van der Waals surface area contributed by atoms with Crippen molar-refractivity contribution in [1.82, 2.24) is 0 Å². The fraction of sp³-hybridized carbons (Fsp3) is 0.192. The Morgan fingerprint density at radius 1 is 0.241 bits per heavy atom. The third kappa shape index (κ3) is 6.10. The number of fused-ring (bicyclic) bond motifs is 5. The zero-order chi connectivity index (χ0) is 38.0. The summed E-state index contributed by atoms with van der Waals surface area (Å²) in [6.45, 7) is 22.1. The van der Waals surface area contributed by atoms with Crippen LogP contribution >= 0.6 is 0 Å². The van der Waals surface area contributed by atoms with Crippen molar-refractivity contribution in [1.29, 1.82) is 0 Å². The first kappa shape index (κ1) is 35.2. The van der Waals surface area contributed by atoms with E-state index in [0.717, 1.165) is 22.7 Å². The van der Waals surface area contributed by atoms with Crippen molar-refractivity contribution in [2.24, 2.45) is 0 Å². The van der Waals surface area contributed by atoms with Crippen molar-refractivity contribution in [3.05, 3.63) is 177 Å². The third-order valence-corrected chi connectivity index (χ3v) is 11.8. The summed E-state index contributed by atoms with van der Waals surface area (Å²) in [6.07, 6.45) is 0. The molecule has 0 radical (unpaired) electrons. The van der Waals surface area contributed by atoms with Crippen LogP contribution in [0.2, 0.25) is 0 Å². The Morgan fingerprint density at radius 3 is 0.796 bits per heavy atom. The Morgan fingerprint density at radius 2 is 0.519 bits per heavy atom. The van der Waals surface area contributed by atoms with Crippen molar-refractivity contribution in [2.75, 3.05) is 9.80 Å². The largest absolute Gasteiger partial charge is 0.310 e. The summed E-state index contributed by atoms with van der Waals surface area (Å²) < 4.78 is 0. The van der Waals surface area contributed by atoms with Gasteiger partial charge in [0.25, 0.3) is 0 Å². The van der Waals surface area contributed by atoms with Crippen LogP contribution in [0.5, 0.6) is 0 Å². The third-order valence-electron chi connectivity index (χ3n) is 11.8. The second kappa shape index (κ2) is 13.5. The Kier molecular flexibility index (Phi) is 8.81. The molecule has 0 heterocycles. The SMILES string of the molecule is Cc1ccc2c(N(c3ccc(C)c(C)c3)c3ccc(C)c(C)c3)cc3c4cc(C)ccc4c(N(c4ccc(C)c(C)c4)c4ccc(C)c(C)c4)cc3c2c1. The molecule has 8 aromatic rings. The molecule has 0 aliphatic carbocycles. The summed E-state index contributed by atoms with van der Waals surface area (Å²) in [7, 11) is 0. The van der Waals surface area contributed by atoms with Gasteiger partial charge in [-0.25, -0.2) is 0 Å². The minimum Gasteiger partial charge on any atom is -0.310 e. The van der Waals surface area contributed by atoms with E-state index in [1.807, 2.05) is 0 Å². The summed E-state index contributed by atoms with van der Waals surface area (Å²) in [5.41, 5.74) is 19.8. The lowest BCUT2D eigenvalue weighted by atomic mass is 9.91. The molecule has 0 N–H and O–H groups in total. The Labute approximate surface area is 321 Å². The van der Waals surface area contributed by atoms with Crippen LogP contribution in [0.25, 0.3) is 32.3 Å². The second-order valence-electron chi connectivity index (χ2n) is 15.7. The quantitative estimate of drug-likeness (QED) is 0.159. The molecular formula is C52H50N2. The molecule has 0 aliphatic rings. The molecule has 268 valence electrons. The molecule has 2 nitrogen and oxygen atoms in total. The first-order valence-corrected chi connectivity index (χ1v) is 19.2. The second-order valence-corrected chi connectivity index (χ2v) is 15.7. The topological polar surface area (TPSA) is 6.48 Å². The highest BCUT2D eigenvalue weighted by Crippen LogP contribution is 2.48. The van der Waals surface area contributed by atoms with E-state index in [1.54, 1.807) is 0 Å². The van der Waals surface area contributed by atoms with Gasteiger partial charge in [-0.1, -0.05) is 71.8 Å². The highest BCUT2D eigenvalue weighted by Gasteiger charge is 2.23. The van der Waals surface area contributed by atoms with Gasteiger partial charge in [0.15, 0.2) is 0 Å². The average Bonchev–Trinajstić information content (AvgIpc) is 3.14. The van der Waals surface area contributed by atoms with E-state index in [1.165, 1.54) is 99.3 Å². The molecule has 8 rings (SSSR count). The number of benzene rings is 8.